The highest BCUT2D eigenvalue weighted by atomic mass is 16.5. The van der Waals surface area contributed by atoms with Gasteiger partial charge in [-0.25, -0.2) is 15.0 Å². The van der Waals surface area contributed by atoms with Gasteiger partial charge < -0.3 is 19.5 Å². The lowest BCUT2D eigenvalue weighted by Gasteiger charge is -2.32. The van der Waals surface area contributed by atoms with Crippen molar-refractivity contribution in [3.8, 4) is 11.6 Å². The first-order valence-electron chi connectivity index (χ1n) is 12.2. The highest BCUT2D eigenvalue weighted by molar-refractivity contribution is 5.98. The molecule has 0 bridgehead atoms. The van der Waals surface area contributed by atoms with Crippen LogP contribution in [0.25, 0.3) is 16.7 Å². The normalized spacial score (nSPS) is 14.3. The van der Waals surface area contributed by atoms with E-state index in [2.05, 4.69) is 32.1 Å². The van der Waals surface area contributed by atoms with Crippen LogP contribution in [0.15, 0.2) is 61.2 Å². The zero-order chi connectivity index (χ0) is 24.2. The summed E-state index contributed by atoms with van der Waals surface area (Å²) < 4.78 is 8.23. The van der Waals surface area contributed by atoms with Crippen molar-refractivity contribution in [2.75, 3.05) is 24.5 Å². The van der Waals surface area contributed by atoms with E-state index in [0.29, 0.717) is 12.1 Å². The Hall–Kier alpha value is -3.94. The van der Waals surface area contributed by atoms with E-state index in [4.69, 9.17) is 4.74 Å². The third-order valence-corrected chi connectivity index (χ3v) is 6.38. The van der Waals surface area contributed by atoms with Crippen LogP contribution in [-0.4, -0.2) is 51.2 Å². The maximum Gasteiger partial charge on any atom is 0.251 e. The van der Waals surface area contributed by atoms with Gasteiger partial charge in [0.15, 0.2) is 0 Å². The second kappa shape index (κ2) is 10.1. The van der Waals surface area contributed by atoms with Crippen LogP contribution in [0.4, 0.5) is 5.95 Å². The summed E-state index contributed by atoms with van der Waals surface area (Å²) in [6.07, 6.45) is 10.5. The lowest BCUT2D eigenvalue weighted by Crippen LogP contribution is -2.39. The molecule has 35 heavy (non-hydrogen) atoms. The van der Waals surface area contributed by atoms with E-state index in [0.717, 1.165) is 66.3 Å². The number of nitrogens with zero attached hydrogens (tertiary/aromatic N) is 5. The molecule has 0 radical (unpaired) electrons. The Morgan fingerprint density at radius 1 is 1.03 bits per heavy atom. The Balaban J connectivity index is 1.21. The highest BCUT2D eigenvalue weighted by Gasteiger charge is 2.22. The number of aromatic nitrogens is 4. The summed E-state index contributed by atoms with van der Waals surface area (Å²) in [7, 11) is 0. The predicted octanol–water partition coefficient (Wildman–Crippen LogP) is 4.18. The van der Waals surface area contributed by atoms with Crippen LogP contribution in [0, 0.1) is 0 Å². The predicted molar refractivity (Wildman–Crippen MR) is 136 cm³/mol. The van der Waals surface area contributed by atoms with Crippen LogP contribution in [0.3, 0.4) is 0 Å². The van der Waals surface area contributed by atoms with Crippen molar-refractivity contribution in [2.24, 2.45) is 0 Å². The minimum Gasteiger partial charge on any atom is -0.489 e. The second-order valence-corrected chi connectivity index (χ2v) is 8.72. The summed E-state index contributed by atoms with van der Waals surface area (Å²) in [5, 5.41) is 3.83. The molecule has 1 N–H and O–H groups in total. The number of anilines is 1. The molecule has 1 amide bonds. The Kier molecular flexibility index (Phi) is 6.61. The summed E-state index contributed by atoms with van der Waals surface area (Å²) in [4.78, 5) is 28.0. The number of piperidine rings is 1. The first kappa shape index (κ1) is 22.8. The van der Waals surface area contributed by atoms with Crippen LogP contribution in [0.1, 0.15) is 42.6 Å². The molecule has 1 aromatic carbocycles. The third-order valence-electron chi connectivity index (χ3n) is 6.38. The number of aryl methyl sites for hydroxylation is 1. The third kappa shape index (κ3) is 4.96. The number of ether oxygens (including phenoxy) is 1. The summed E-state index contributed by atoms with van der Waals surface area (Å²) >= 11 is 0. The van der Waals surface area contributed by atoms with E-state index in [1.165, 1.54) is 0 Å². The first-order valence-corrected chi connectivity index (χ1v) is 12.2. The SMILES string of the molecule is CCNC(=O)c1ccc2c(ccn2-c2ccc(OC3CCN(c4ncc(CC)cn4)CC3)cn2)c1. The van der Waals surface area contributed by atoms with E-state index in [-0.39, 0.29) is 12.0 Å². The zero-order valence-corrected chi connectivity index (χ0v) is 20.1. The molecule has 0 unspecified atom stereocenters. The fourth-order valence-corrected chi connectivity index (χ4v) is 4.39. The van der Waals surface area contributed by atoms with Gasteiger partial charge in [-0.2, -0.15) is 0 Å². The minimum absolute atomic E-state index is 0.0606. The number of nitrogens with one attached hydrogen (secondary N) is 1. The van der Waals surface area contributed by atoms with Crippen LogP contribution >= 0.6 is 0 Å². The zero-order valence-electron chi connectivity index (χ0n) is 20.1. The molecule has 3 aromatic heterocycles. The van der Waals surface area contributed by atoms with Crippen LogP contribution < -0.4 is 15.0 Å². The van der Waals surface area contributed by atoms with Crippen molar-refractivity contribution in [3.05, 3.63) is 72.3 Å². The second-order valence-electron chi connectivity index (χ2n) is 8.72. The van der Waals surface area contributed by atoms with Crippen molar-refractivity contribution >= 4 is 22.8 Å². The summed E-state index contributed by atoms with van der Waals surface area (Å²) in [5.74, 6) is 2.31. The molecule has 8 heteroatoms. The first-order chi connectivity index (χ1) is 17.1. The molecular formula is C27H30N6O2. The Morgan fingerprint density at radius 2 is 1.83 bits per heavy atom. The molecule has 0 saturated carbocycles. The van der Waals surface area contributed by atoms with E-state index >= 15 is 0 Å². The number of carbonyl (C=O) groups excluding carboxylic acids is 1. The number of amides is 1. The molecule has 1 aliphatic rings. The Morgan fingerprint density at radius 3 is 2.51 bits per heavy atom. The molecule has 1 aliphatic heterocycles. The molecule has 0 aliphatic carbocycles. The van der Waals surface area contributed by atoms with Crippen molar-refractivity contribution in [2.45, 2.75) is 39.2 Å². The van der Waals surface area contributed by atoms with Gasteiger partial charge in [-0.3, -0.25) is 4.79 Å². The largest absolute Gasteiger partial charge is 0.489 e. The van der Waals surface area contributed by atoms with E-state index in [1.807, 2.05) is 66.5 Å². The van der Waals surface area contributed by atoms with Crippen molar-refractivity contribution in [3.63, 3.8) is 0 Å². The van der Waals surface area contributed by atoms with E-state index in [1.54, 1.807) is 6.20 Å². The fraction of sp³-hybridized carbons (Fsp3) is 0.333. The van der Waals surface area contributed by atoms with Crippen molar-refractivity contribution < 1.29 is 9.53 Å². The average Bonchev–Trinajstić information content (AvgIpc) is 3.33. The standard InChI is InChI=1S/C27H30N6O2/c1-3-19-16-30-27(31-17-19)32-12-10-22(11-13-32)35-23-6-8-25(29-18-23)33-14-9-20-15-21(5-7-24(20)33)26(34)28-4-2/h5-9,14-18,22H,3-4,10-13H2,1-2H3,(H,28,34). The van der Waals surface area contributed by atoms with Crippen LogP contribution in [-0.2, 0) is 6.42 Å². The minimum atomic E-state index is -0.0606. The van der Waals surface area contributed by atoms with Gasteiger partial charge in [0.2, 0.25) is 5.95 Å². The van der Waals surface area contributed by atoms with Crippen molar-refractivity contribution in [1.29, 1.82) is 0 Å². The maximum atomic E-state index is 12.1. The molecule has 5 rings (SSSR count). The quantitative estimate of drug-likeness (QED) is 0.436. The summed E-state index contributed by atoms with van der Waals surface area (Å²) in [6, 6.07) is 11.6. The number of rotatable bonds is 7. The van der Waals surface area contributed by atoms with Crippen LogP contribution in [0.5, 0.6) is 5.75 Å². The van der Waals surface area contributed by atoms with Gasteiger partial charge in [0.25, 0.3) is 5.91 Å². The van der Waals surface area contributed by atoms with Gasteiger partial charge in [-0.15, -0.1) is 0 Å². The molecule has 1 fully saturated rings. The number of fused-ring (bicyclic) bond motifs is 1. The molecular weight excluding hydrogens is 440 g/mol. The number of hydrogen-bond donors (Lipinski definition) is 1. The molecule has 8 nitrogen and oxygen atoms in total. The van der Waals surface area contributed by atoms with Crippen LogP contribution in [0.2, 0.25) is 0 Å². The van der Waals surface area contributed by atoms with Gasteiger partial charge in [0.1, 0.15) is 17.7 Å². The van der Waals surface area contributed by atoms with Gasteiger partial charge in [0, 0.05) is 62.0 Å². The summed E-state index contributed by atoms with van der Waals surface area (Å²) in [5.41, 5.74) is 2.81. The topological polar surface area (TPSA) is 85.2 Å². The Labute approximate surface area is 205 Å². The monoisotopic (exact) mass is 470 g/mol. The number of benzene rings is 1. The van der Waals surface area contributed by atoms with Gasteiger partial charge in [-0.05, 0) is 55.3 Å². The lowest BCUT2D eigenvalue weighted by atomic mass is 10.1. The van der Waals surface area contributed by atoms with Crippen molar-refractivity contribution in [1.82, 2.24) is 24.8 Å². The molecule has 4 aromatic rings. The number of hydrogen-bond acceptors (Lipinski definition) is 6. The Bertz CT molecular complexity index is 1290. The smallest absolute Gasteiger partial charge is 0.251 e. The van der Waals surface area contributed by atoms with Gasteiger partial charge >= 0.3 is 0 Å². The summed E-state index contributed by atoms with van der Waals surface area (Å²) in [6.45, 7) is 6.37. The average molecular weight is 471 g/mol. The molecule has 1 saturated heterocycles. The molecule has 4 heterocycles. The number of pyridine rings is 1. The van der Waals surface area contributed by atoms with E-state index < -0.39 is 0 Å². The molecule has 180 valence electrons. The molecule has 0 atom stereocenters. The fourth-order valence-electron chi connectivity index (χ4n) is 4.39. The van der Waals surface area contributed by atoms with E-state index in [9.17, 15) is 4.79 Å². The van der Waals surface area contributed by atoms with Gasteiger partial charge in [0.05, 0.1) is 11.7 Å². The maximum absolute atomic E-state index is 12.1. The van der Waals surface area contributed by atoms with Gasteiger partial charge in [-0.1, -0.05) is 6.92 Å². The molecule has 0 spiro atoms. The highest BCUT2D eigenvalue weighted by Crippen LogP contribution is 2.24. The lowest BCUT2D eigenvalue weighted by molar-refractivity contribution is 0.0956. The number of carbonyl (C=O) groups is 1.